The molecule has 1 aliphatic heterocycles. The van der Waals surface area contributed by atoms with Crippen LogP contribution in [0.3, 0.4) is 0 Å². The first-order chi connectivity index (χ1) is 10.6. The van der Waals surface area contributed by atoms with E-state index in [1.54, 1.807) is 11.6 Å². The molecular formula is C15H20N4O2S. The minimum Gasteiger partial charge on any atom is -0.367 e. The second-order valence-electron chi connectivity index (χ2n) is 5.55. The van der Waals surface area contributed by atoms with Crippen LogP contribution < -0.4 is 9.62 Å². The van der Waals surface area contributed by atoms with Gasteiger partial charge in [0.15, 0.2) is 5.03 Å². The first kappa shape index (κ1) is 15.1. The van der Waals surface area contributed by atoms with Crippen molar-refractivity contribution in [3.05, 3.63) is 42.9 Å². The Hall–Kier alpha value is -1.86. The molecule has 6 nitrogen and oxygen atoms in total. The summed E-state index contributed by atoms with van der Waals surface area (Å²) < 4.78 is 28.8. The van der Waals surface area contributed by atoms with Crippen LogP contribution in [0.4, 0.5) is 5.69 Å². The topological polar surface area (TPSA) is 67.2 Å². The summed E-state index contributed by atoms with van der Waals surface area (Å²) in [5, 5.41) is 0.0688. The van der Waals surface area contributed by atoms with Gasteiger partial charge < -0.3 is 9.47 Å². The number of benzene rings is 1. The summed E-state index contributed by atoms with van der Waals surface area (Å²) in [6, 6.07) is 10.3. The summed E-state index contributed by atoms with van der Waals surface area (Å²) in [5.41, 5.74) is 1.14. The lowest BCUT2D eigenvalue weighted by Crippen LogP contribution is -2.40. The largest absolute Gasteiger partial charge is 0.367 e. The molecule has 1 saturated heterocycles. The van der Waals surface area contributed by atoms with Gasteiger partial charge in [-0.05, 0) is 25.0 Å². The van der Waals surface area contributed by atoms with Crippen LogP contribution in [-0.4, -0.2) is 37.1 Å². The van der Waals surface area contributed by atoms with Crippen molar-refractivity contribution >= 4 is 15.7 Å². The van der Waals surface area contributed by atoms with Crippen molar-refractivity contribution in [2.45, 2.75) is 23.9 Å². The number of imidazole rings is 1. The molecule has 0 aliphatic carbocycles. The summed E-state index contributed by atoms with van der Waals surface area (Å²) in [5.74, 6) is 0. The average Bonchev–Trinajstić information content (AvgIpc) is 3.15. The predicted molar refractivity (Wildman–Crippen MR) is 85.2 cm³/mol. The number of rotatable bonds is 5. The molecule has 1 N–H and O–H groups in total. The second kappa shape index (κ2) is 6.10. The van der Waals surface area contributed by atoms with E-state index < -0.39 is 10.0 Å². The van der Waals surface area contributed by atoms with Gasteiger partial charge in [0.05, 0.1) is 6.33 Å². The van der Waals surface area contributed by atoms with E-state index in [0.717, 1.165) is 25.1 Å². The molecule has 7 heteroatoms. The molecule has 0 spiro atoms. The van der Waals surface area contributed by atoms with E-state index >= 15 is 0 Å². The average molecular weight is 320 g/mol. The van der Waals surface area contributed by atoms with Crippen molar-refractivity contribution in [1.29, 1.82) is 0 Å². The molecule has 0 bridgehead atoms. The number of sulfonamides is 1. The van der Waals surface area contributed by atoms with Crippen LogP contribution in [0, 0.1) is 0 Å². The Labute approximate surface area is 130 Å². The van der Waals surface area contributed by atoms with Crippen molar-refractivity contribution in [3.63, 3.8) is 0 Å². The van der Waals surface area contributed by atoms with Crippen LogP contribution in [0.2, 0.25) is 0 Å². The lowest BCUT2D eigenvalue weighted by atomic mass is 10.2. The van der Waals surface area contributed by atoms with Gasteiger partial charge >= 0.3 is 0 Å². The number of nitrogens with one attached hydrogen (secondary N) is 1. The lowest BCUT2D eigenvalue weighted by molar-refractivity contribution is 0.564. The number of aryl methyl sites for hydroxylation is 1. The minimum absolute atomic E-state index is 0.0688. The third kappa shape index (κ3) is 3.15. The highest BCUT2D eigenvalue weighted by Gasteiger charge is 2.27. The fourth-order valence-corrected chi connectivity index (χ4v) is 3.87. The summed E-state index contributed by atoms with van der Waals surface area (Å²) >= 11 is 0. The van der Waals surface area contributed by atoms with Crippen LogP contribution in [0.25, 0.3) is 0 Å². The molecule has 0 radical (unpaired) electrons. The Morgan fingerprint density at radius 3 is 2.77 bits per heavy atom. The number of hydrogen-bond acceptors (Lipinski definition) is 4. The molecule has 1 fully saturated rings. The van der Waals surface area contributed by atoms with Crippen molar-refractivity contribution in [2.75, 3.05) is 18.0 Å². The fraction of sp³-hybridized carbons (Fsp3) is 0.400. The van der Waals surface area contributed by atoms with Crippen LogP contribution in [-0.2, 0) is 17.1 Å². The number of hydrogen-bond donors (Lipinski definition) is 1. The highest BCUT2D eigenvalue weighted by atomic mass is 32.2. The quantitative estimate of drug-likeness (QED) is 0.903. The van der Waals surface area contributed by atoms with Gasteiger partial charge in [-0.2, -0.15) is 0 Å². The Morgan fingerprint density at radius 2 is 2.09 bits per heavy atom. The maximum absolute atomic E-state index is 12.2. The monoisotopic (exact) mass is 320 g/mol. The number of nitrogens with zero attached hydrogens (tertiary/aromatic N) is 3. The number of para-hydroxylation sites is 1. The van der Waals surface area contributed by atoms with Gasteiger partial charge in [-0.25, -0.2) is 18.1 Å². The zero-order chi connectivity index (χ0) is 15.6. The summed E-state index contributed by atoms with van der Waals surface area (Å²) in [7, 11) is -1.79. The standard InChI is InChI=1S/C15H20N4O2S/c1-18-11-15(16-12-18)22(20,21)17-10-14-8-5-9-19(14)13-6-3-2-4-7-13/h2-4,6-7,11-12,14,17H,5,8-10H2,1H3/t14-/m1/s1. The third-order valence-electron chi connectivity index (χ3n) is 3.93. The van der Waals surface area contributed by atoms with E-state index in [1.165, 1.54) is 12.5 Å². The van der Waals surface area contributed by atoms with E-state index in [4.69, 9.17) is 0 Å². The first-order valence-electron chi connectivity index (χ1n) is 7.35. The van der Waals surface area contributed by atoms with Crippen LogP contribution in [0.15, 0.2) is 47.9 Å². The van der Waals surface area contributed by atoms with Crippen LogP contribution in [0.5, 0.6) is 0 Å². The molecular weight excluding hydrogens is 300 g/mol. The van der Waals surface area contributed by atoms with Crippen molar-refractivity contribution in [3.8, 4) is 0 Å². The van der Waals surface area contributed by atoms with Gasteiger partial charge in [-0.3, -0.25) is 0 Å². The molecule has 3 rings (SSSR count). The molecule has 2 heterocycles. The maximum Gasteiger partial charge on any atom is 0.259 e. The second-order valence-corrected chi connectivity index (χ2v) is 7.27. The first-order valence-corrected chi connectivity index (χ1v) is 8.84. The number of aromatic nitrogens is 2. The van der Waals surface area contributed by atoms with Gasteiger partial charge in [0.1, 0.15) is 0 Å². The van der Waals surface area contributed by atoms with E-state index in [9.17, 15) is 8.42 Å². The van der Waals surface area contributed by atoms with E-state index in [1.807, 2.05) is 18.2 Å². The predicted octanol–water partition coefficient (Wildman–Crippen LogP) is 1.37. The summed E-state index contributed by atoms with van der Waals surface area (Å²) in [4.78, 5) is 6.17. The highest BCUT2D eigenvalue weighted by Crippen LogP contribution is 2.25. The van der Waals surface area contributed by atoms with Crippen molar-refractivity contribution < 1.29 is 8.42 Å². The molecule has 1 aliphatic rings. The smallest absolute Gasteiger partial charge is 0.259 e. The Bertz CT molecular complexity index is 727. The van der Waals surface area contributed by atoms with E-state index in [0.29, 0.717) is 6.54 Å². The van der Waals surface area contributed by atoms with E-state index in [-0.39, 0.29) is 11.1 Å². The third-order valence-corrected chi connectivity index (χ3v) is 5.24. The van der Waals surface area contributed by atoms with Crippen LogP contribution in [0.1, 0.15) is 12.8 Å². The van der Waals surface area contributed by atoms with Crippen molar-refractivity contribution in [2.24, 2.45) is 7.05 Å². The normalized spacial score (nSPS) is 18.8. The van der Waals surface area contributed by atoms with Gasteiger partial charge in [0.25, 0.3) is 10.0 Å². The molecule has 118 valence electrons. The van der Waals surface area contributed by atoms with Crippen molar-refractivity contribution in [1.82, 2.24) is 14.3 Å². The minimum atomic E-state index is -3.54. The Morgan fingerprint density at radius 1 is 1.32 bits per heavy atom. The molecule has 1 atom stereocenters. The Balaban J connectivity index is 1.68. The van der Waals surface area contributed by atoms with Gasteiger partial charge in [-0.1, -0.05) is 18.2 Å². The SMILES string of the molecule is Cn1cnc(S(=O)(=O)NC[C@H]2CCCN2c2ccccc2)c1. The van der Waals surface area contributed by atoms with Crippen LogP contribution >= 0.6 is 0 Å². The fourth-order valence-electron chi connectivity index (χ4n) is 2.81. The van der Waals surface area contributed by atoms with Gasteiger partial charge in [-0.15, -0.1) is 0 Å². The van der Waals surface area contributed by atoms with Gasteiger partial charge in [0.2, 0.25) is 0 Å². The number of anilines is 1. The summed E-state index contributed by atoms with van der Waals surface area (Å²) in [6.07, 6.45) is 5.05. The Kier molecular flexibility index (Phi) is 4.17. The molecule has 0 saturated carbocycles. The van der Waals surface area contributed by atoms with E-state index in [2.05, 4.69) is 26.7 Å². The highest BCUT2D eigenvalue weighted by molar-refractivity contribution is 7.89. The molecule has 2 aromatic rings. The molecule has 0 unspecified atom stereocenters. The lowest BCUT2D eigenvalue weighted by Gasteiger charge is -2.26. The zero-order valence-electron chi connectivity index (χ0n) is 12.5. The summed E-state index contributed by atoms with van der Waals surface area (Å²) in [6.45, 7) is 1.35. The molecule has 1 aromatic heterocycles. The molecule has 0 amide bonds. The van der Waals surface area contributed by atoms with Gasteiger partial charge in [0, 0.05) is 38.1 Å². The zero-order valence-corrected chi connectivity index (χ0v) is 13.3. The molecule has 1 aromatic carbocycles. The maximum atomic E-state index is 12.2. The molecule has 22 heavy (non-hydrogen) atoms.